The number of aryl methyl sites for hydroxylation is 2. The van der Waals surface area contributed by atoms with Crippen LogP contribution in [-0.2, 0) is 9.59 Å². The SMILES string of the molecule is Cc1ccc(C)n1NC(=O)[C@@H]1CC=CC[C@@H]1C(=O)O. The van der Waals surface area contributed by atoms with Crippen LogP contribution < -0.4 is 5.43 Å². The molecule has 19 heavy (non-hydrogen) atoms. The second kappa shape index (κ2) is 5.30. The highest BCUT2D eigenvalue weighted by Gasteiger charge is 2.34. The lowest BCUT2D eigenvalue weighted by molar-refractivity contribution is -0.146. The number of carboxylic acid groups (broad SMARTS) is 1. The number of amides is 1. The molecule has 1 aromatic heterocycles. The summed E-state index contributed by atoms with van der Waals surface area (Å²) in [7, 11) is 0. The van der Waals surface area contributed by atoms with E-state index in [2.05, 4.69) is 5.43 Å². The summed E-state index contributed by atoms with van der Waals surface area (Å²) in [6.45, 7) is 3.78. The monoisotopic (exact) mass is 262 g/mol. The standard InChI is InChI=1S/C14H18N2O3/c1-9-7-8-10(2)16(9)15-13(17)11-5-3-4-6-12(11)14(18)19/h3-4,7-8,11-12H,5-6H2,1-2H3,(H,15,17)(H,18,19)/t11-,12+/m1/s1. The van der Waals surface area contributed by atoms with Crippen molar-refractivity contribution in [2.45, 2.75) is 26.7 Å². The molecule has 0 bridgehead atoms. The van der Waals surface area contributed by atoms with E-state index in [-0.39, 0.29) is 5.91 Å². The maximum atomic E-state index is 12.3. The predicted octanol–water partition coefficient (Wildman–Crippen LogP) is 1.84. The van der Waals surface area contributed by atoms with Crippen LogP contribution >= 0.6 is 0 Å². The van der Waals surface area contributed by atoms with Gasteiger partial charge in [-0.2, -0.15) is 0 Å². The van der Waals surface area contributed by atoms with E-state index >= 15 is 0 Å². The third kappa shape index (κ3) is 2.70. The number of carbonyl (C=O) groups is 2. The van der Waals surface area contributed by atoms with Crippen LogP contribution in [0.15, 0.2) is 24.3 Å². The molecule has 2 rings (SSSR count). The fourth-order valence-electron chi connectivity index (χ4n) is 2.41. The number of nitrogens with zero attached hydrogens (tertiary/aromatic N) is 1. The zero-order valence-electron chi connectivity index (χ0n) is 11.1. The summed E-state index contributed by atoms with van der Waals surface area (Å²) in [5.41, 5.74) is 4.63. The molecule has 0 aromatic carbocycles. The Balaban J connectivity index is 2.15. The molecule has 5 nitrogen and oxygen atoms in total. The van der Waals surface area contributed by atoms with Crippen LogP contribution in [0.1, 0.15) is 24.2 Å². The van der Waals surface area contributed by atoms with Crippen LogP contribution in [0, 0.1) is 25.7 Å². The summed E-state index contributed by atoms with van der Waals surface area (Å²) >= 11 is 0. The van der Waals surface area contributed by atoms with Gasteiger partial charge in [0.25, 0.3) is 0 Å². The Morgan fingerprint density at radius 3 is 2.21 bits per heavy atom. The molecule has 1 heterocycles. The molecule has 1 aliphatic rings. The molecule has 0 aliphatic heterocycles. The fourth-order valence-corrected chi connectivity index (χ4v) is 2.41. The molecule has 2 N–H and O–H groups in total. The number of aromatic nitrogens is 1. The van der Waals surface area contributed by atoms with Crippen molar-refractivity contribution in [2.24, 2.45) is 11.8 Å². The zero-order chi connectivity index (χ0) is 14.0. The van der Waals surface area contributed by atoms with Crippen molar-refractivity contribution < 1.29 is 14.7 Å². The molecule has 0 spiro atoms. The molecule has 0 radical (unpaired) electrons. The molecule has 1 aromatic rings. The van der Waals surface area contributed by atoms with Crippen molar-refractivity contribution in [2.75, 3.05) is 5.43 Å². The van der Waals surface area contributed by atoms with Crippen molar-refractivity contribution >= 4 is 11.9 Å². The molecule has 0 unspecified atom stereocenters. The number of hydrogen-bond acceptors (Lipinski definition) is 2. The van der Waals surface area contributed by atoms with Gasteiger partial charge in [0.2, 0.25) is 5.91 Å². The van der Waals surface area contributed by atoms with Crippen LogP contribution in [-0.4, -0.2) is 21.7 Å². The van der Waals surface area contributed by atoms with Gasteiger partial charge < -0.3 is 5.11 Å². The van der Waals surface area contributed by atoms with Gasteiger partial charge in [0, 0.05) is 11.4 Å². The number of hydrogen-bond donors (Lipinski definition) is 2. The van der Waals surface area contributed by atoms with Crippen molar-refractivity contribution in [1.82, 2.24) is 4.68 Å². The Labute approximate surface area is 111 Å². The second-order valence-corrected chi connectivity index (χ2v) is 4.92. The average molecular weight is 262 g/mol. The third-order valence-electron chi connectivity index (χ3n) is 3.58. The quantitative estimate of drug-likeness (QED) is 0.816. The first-order chi connectivity index (χ1) is 9.00. The van der Waals surface area contributed by atoms with E-state index in [1.54, 1.807) is 4.68 Å². The van der Waals surface area contributed by atoms with Gasteiger partial charge >= 0.3 is 5.97 Å². The first-order valence-electron chi connectivity index (χ1n) is 6.34. The lowest BCUT2D eigenvalue weighted by Gasteiger charge is -2.25. The molecule has 0 fully saturated rings. The van der Waals surface area contributed by atoms with E-state index in [0.29, 0.717) is 12.8 Å². The molecule has 5 heteroatoms. The van der Waals surface area contributed by atoms with Gasteiger partial charge in [-0.1, -0.05) is 12.2 Å². The summed E-state index contributed by atoms with van der Waals surface area (Å²) in [6.07, 6.45) is 4.59. The van der Waals surface area contributed by atoms with Gasteiger partial charge in [-0.25, -0.2) is 0 Å². The van der Waals surface area contributed by atoms with Gasteiger partial charge in [0.05, 0.1) is 11.8 Å². The van der Waals surface area contributed by atoms with E-state index in [1.807, 2.05) is 38.1 Å². The topological polar surface area (TPSA) is 71.3 Å². The maximum Gasteiger partial charge on any atom is 0.307 e. The van der Waals surface area contributed by atoms with E-state index in [4.69, 9.17) is 0 Å². The Morgan fingerprint density at radius 2 is 1.68 bits per heavy atom. The first-order valence-corrected chi connectivity index (χ1v) is 6.34. The van der Waals surface area contributed by atoms with E-state index in [9.17, 15) is 14.7 Å². The van der Waals surface area contributed by atoms with Crippen molar-refractivity contribution in [3.63, 3.8) is 0 Å². The number of rotatable bonds is 3. The van der Waals surface area contributed by atoms with E-state index in [0.717, 1.165) is 11.4 Å². The third-order valence-corrected chi connectivity index (χ3v) is 3.58. The van der Waals surface area contributed by atoms with Crippen LogP contribution in [0.2, 0.25) is 0 Å². The Morgan fingerprint density at radius 1 is 1.16 bits per heavy atom. The van der Waals surface area contributed by atoms with Gasteiger partial charge in [-0.3, -0.25) is 19.7 Å². The number of carboxylic acids is 1. The lowest BCUT2D eigenvalue weighted by atomic mass is 9.82. The lowest BCUT2D eigenvalue weighted by Crippen LogP contribution is -2.38. The van der Waals surface area contributed by atoms with Crippen molar-refractivity contribution in [3.8, 4) is 0 Å². The van der Waals surface area contributed by atoms with Gasteiger partial charge in [0.1, 0.15) is 0 Å². The summed E-state index contributed by atoms with van der Waals surface area (Å²) in [4.78, 5) is 23.4. The van der Waals surface area contributed by atoms with E-state index in [1.165, 1.54) is 0 Å². The molecule has 0 saturated heterocycles. The summed E-state index contributed by atoms with van der Waals surface area (Å²) < 4.78 is 1.69. The number of allylic oxidation sites excluding steroid dienone is 2. The maximum absolute atomic E-state index is 12.3. The smallest absolute Gasteiger partial charge is 0.307 e. The number of carbonyl (C=O) groups excluding carboxylic acids is 1. The number of aliphatic carboxylic acids is 1. The second-order valence-electron chi connectivity index (χ2n) is 4.92. The predicted molar refractivity (Wildman–Crippen MR) is 71.3 cm³/mol. The van der Waals surface area contributed by atoms with Crippen LogP contribution in [0.25, 0.3) is 0 Å². The summed E-state index contributed by atoms with van der Waals surface area (Å²) in [5.74, 6) is -2.30. The molecule has 1 amide bonds. The minimum Gasteiger partial charge on any atom is -0.481 e. The Kier molecular flexibility index (Phi) is 3.74. The Hall–Kier alpha value is -2.04. The van der Waals surface area contributed by atoms with Gasteiger partial charge in [0.15, 0.2) is 0 Å². The molecule has 102 valence electrons. The van der Waals surface area contributed by atoms with E-state index < -0.39 is 17.8 Å². The minimum absolute atomic E-state index is 0.237. The minimum atomic E-state index is -0.912. The van der Waals surface area contributed by atoms with Crippen LogP contribution in [0.4, 0.5) is 0 Å². The fraction of sp³-hybridized carbons (Fsp3) is 0.429. The molecular weight excluding hydrogens is 244 g/mol. The normalized spacial score (nSPS) is 22.2. The van der Waals surface area contributed by atoms with Crippen LogP contribution in [0.5, 0.6) is 0 Å². The number of nitrogens with one attached hydrogen (secondary N) is 1. The molecule has 2 atom stereocenters. The highest BCUT2D eigenvalue weighted by molar-refractivity contribution is 5.90. The van der Waals surface area contributed by atoms with Crippen molar-refractivity contribution in [3.05, 3.63) is 35.7 Å². The van der Waals surface area contributed by atoms with Crippen LogP contribution in [0.3, 0.4) is 0 Å². The Bertz CT molecular complexity index is 511. The van der Waals surface area contributed by atoms with Gasteiger partial charge in [-0.05, 0) is 38.8 Å². The highest BCUT2D eigenvalue weighted by atomic mass is 16.4. The van der Waals surface area contributed by atoms with Crippen molar-refractivity contribution in [1.29, 1.82) is 0 Å². The average Bonchev–Trinajstić information content (AvgIpc) is 2.70. The van der Waals surface area contributed by atoms with Gasteiger partial charge in [-0.15, -0.1) is 0 Å². The largest absolute Gasteiger partial charge is 0.481 e. The molecule has 0 saturated carbocycles. The summed E-state index contributed by atoms with van der Waals surface area (Å²) in [6, 6.07) is 3.82. The zero-order valence-corrected chi connectivity index (χ0v) is 11.1. The summed E-state index contributed by atoms with van der Waals surface area (Å²) in [5, 5.41) is 9.17. The molecular formula is C14H18N2O3. The highest BCUT2D eigenvalue weighted by Crippen LogP contribution is 2.26. The first kappa shape index (κ1) is 13.4. The molecule has 1 aliphatic carbocycles.